The van der Waals surface area contributed by atoms with Gasteiger partial charge in [0, 0.05) is 17.5 Å². The molecule has 1 fully saturated rings. The molecule has 100 valence electrons. The van der Waals surface area contributed by atoms with Crippen molar-refractivity contribution in [3.05, 3.63) is 10.6 Å². The molecule has 2 aliphatic rings. The Bertz CT molecular complexity index is 434. The van der Waals surface area contributed by atoms with Gasteiger partial charge in [-0.05, 0) is 33.1 Å². The smallest absolute Gasteiger partial charge is 0.186 e. The molecule has 0 aromatic carbocycles. The number of anilines is 1. The minimum absolute atomic E-state index is 0.146. The van der Waals surface area contributed by atoms with Crippen molar-refractivity contribution >= 4 is 16.5 Å². The molecular formula is C13H21N3OS. The van der Waals surface area contributed by atoms with E-state index in [0.29, 0.717) is 6.04 Å². The SMILES string of the molecule is CC1CN(c2nc3c(s2)CCCC3N)C(C)CO1. The van der Waals surface area contributed by atoms with Gasteiger partial charge in [-0.3, -0.25) is 0 Å². The van der Waals surface area contributed by atoms with Gasteiger partial charge in [0.25, 0.3) is 0 Å². The highest BCUT2D eigenvalue weighted by atomic mass is 32.1. The summed E-state index contributed by atoms with van der Waals surface area (Å²) in [6, 6.07) is 0.553. The highest BCUT2D eigenvalue weighted by Crippen LogP contribution is 2.36. The molecule has 3 rings (SSSR count). The van der Waals surface area contributed by atoms with Gasteiger partial charge in [-0.2, -0.15) is 0 Å². The molecule has 0 saturated carbocycles. The van der Waals surface area contributed by atoms with E-state index in [1.54, 1.807) is 0 Å². The van der Waals surface area contributed by atoms with Crippen LogP contribution in [0.4, 0.5) is 5.13 Å². The quantitative estimate of drug-likeness (QED) is 0.846. The van der Waals surface area contributed by atoms with Crippen LogP contribution in [0.3, 0.4) is 0 Å². The Labute approximate surface area is 112 Å². The van der Waals surface area contributed by atoms with Crippen molar-refractivity contribution in [1.82, 2.24) is 4.98 Å². The second-order valence-electron chi connectivity index (χ2n) is 5.45. The second-order valence-corrected chi connectivity index (χ2v) is 6.51. The number of aryl methyl sites for hydroxylation is 1. The Morgan fingerprint density at radius 2 is 2.28 bits per heavy atom. The maximum Gasteiger partial charge on any atom is 0.186 e. The van der Waals surface area contributed by atoms with E-state index in [-0.39, 0.29) is 12.1 Å². The number of nitrogens with zero attached hydrogens (tertiary/aromatic N) is 2. The first-order valence-electron chi connectivity index (χ1n) is 6.78. The molecule has 1 saturated heterocycles. The van der Waals surface area contributed by atoms with Crippen LogP contribution < -0.4 is 10.6 Å². The summed E-state index contributed by atoms with van der Waals surface area (Å²) in [7, 11) is 0. The highest BCUT2D eigenvalue weighted by Gasteiger charge is 2.29. The van der Waals surface area contributed by atoms with E-state index in [4.69, 9.17) is 15.5 Å². The number of aromatic nitrogens is 1. The monoisotopic (exact) mass is 267 g/mol. The minimum Gasteiger partial charge on any atom is -0.375 e. The number of nitrogens with two attached hydrogens (primary N) is 1. The molecule has 4 nitrogen and oxygen atoms in total. The van der Waals surface area contributed by atoms with Crippen molar-refractivity contribution in [3.63, 3.8) is 0 Å². The molecule has 18 heavy (non-hydrogen) atoms. The van der Waals surface area contributed by atoms with E-state index in [0.717, 1.165) is 36.8 Å². The summed E-state index contributed by atoms with van der Waals surface area (Å²) < 4.78 is 5.68. The predicted octanol–water partition coefficient (Wildman–Crippen LogP) is 2.09. The lowest BCUT2D eigenvalue weighted by Crippen LogP contribution is -2.47. The zero-order valence-corrected chi connectivity index (χ0v) is 11.9. The van der Waals surface area contributed by atoms with Crippen molar-refractivity contribution in [2.24, 2.45) is 5.73 Å². The molecule has 0 amide bonds. The zero-order valence-electron chi connectivity index (χ0n) is 11.1. The number of rotatable bonds is 1. The van der Waals surface area contributed by atoms with Gasteiger partial charge >= 0.3 is 0 Å². The lowest BCUT2D eigenvalue weighted by molar-refractivity contribution is 0.0343. The average Bonchev–Trinajstić information content (AvgIpc) is 2.77. The third-order valence-corrected chi connectivity index (χ3v) is 5.01. The average molecular weight is 267 g/mol. The third-order valence-electron chi connectivity index (χ3n) is 3.84. The molecule has 1 aliphatic heterocycles. The maximum absolute atomic E-state index is 6.15. The van der Waals surface area contributed by atoms with Crippen molar-refractivity contribution < 1.29 is 4.74 Å². The number of morpholine rings is 1. The molecule has 1 aromatic rings. The molecule has 3 unspecified atom stereocenters. The fourth-order valence-electron chi connectivity index (χ4n) is 2.73. The molecule has 3 atom stereocenters. The summed E-state index contributed by atoms with van der Waals surface area (Å²) in [5.41, 5.74) is 7.30. The van der Waals surface area contributed by atoms with Crippen LogP contribution in [0.15, 0.2) is 0 Å². The molecule has 5 heteroatoms. The van der Waals surface area contributed by atoms with Crippen molar-refractivity contribution in [2.45, 2.75) is 51.3 Å². The Morgan fingerprint density at radius 1 is 1.44 bits per heavy atom. The van der Waals surface area contributed by atoms with Gasteiger partial charge in [0.1, 0.15) is 0 Å². The van der Waals surface area contributed by atoms with Gasteiger partial charge in [0.05, 0.1) is 24.4 Å². The Morgan fingerprint density at radius 3 is 3.06 bits per heavy atom. The van der Waals surface area contributed by atoms with Crippen LogP contribution in [0.25, 0.3) is 0 Å². The van der Waals surface area contributed by atoms with Gasteiger partial charge in [-0.1, -0.05) is 0 Å². The van der Waals surface area contributed by atoms with Gasteiger partial charge < -0.3 is 15.4 Å². The normalized spacial score (nSPS) is 32.4. The van der Waals surface area contributed by atoms with E-state index in [1.807, 2.05) is 11.3 Å². The van der Waals surface area contributed by atoms with Crippen LogP contribution >= 0.6 is 11.3 Å². The Balaban J connectivity index is 1.87. The highest BCUT2D eigenvalue weighted by molar-refractivity contribution is 7.15. The summed E-state index contributed by atoms with van der Waals surface area (Å²) in [6.07, 6.45) is 3.71. The van der Waals surface area contributed by atoms with Crippen LogP contribution in [0.2, 0.25) is 0 Å². The van der Waals surface area contributed by atoms with Crippen LogP contribution in [-0.4, -0.2) is 30.3 Å². The van der Waals surface area contributed by atoms with Crippen LogP contribution in [0.1, 0.15) is 43.3 Å². The van der Waals surface area contributed by atoms with Crippen molar-refractivity contribution in [3.8, 4) is 0 Å². The summed E-state index contributed by atoms with van der Waals surface area (Å²) >= 11 is 1.83. The topological polar surface area (TPSA) is 51.4 Å². The number of hydrogen-bond acceptors (Lipinski definition) is 5. The number of hydrogen-bond donors (Lipinski definition) is 1. The van der Waals surface area contributed by atoms with E-state index < -0.39 is 0 Å². The van der Waals surface area contributed by atoms with Crippen LogP contribution in [0.5, 0.6) is 0 Å². The second kappa shape index (κ2) is 4.79. The van der Waals surface area contributed by atoms with E-state index in [1.165, 1.54) is 11.3 Å². The largest absolute Gasteiger partial charge is 0.375 e. The molecule has 2 heterocycles. The third kappa shape index (κ3) is 2.15. The van der Waals surface area contributed by atoms with Gasteiger partial charge in [-0.15, -0.1) is 11.3 Å². The van der Waals surface area contributed by atoms with Crippen LogP contribution in [-0.2, 0) is 11.2 Å². The first-order chi connectivity index (χ1) is 8.65. The minimum atomic E-state index is 0.146. The van der Waals surface area contributed by atoms with Crippen molar-refractivity contribution in [2.75, 3.05) is 18.1 Å². The lowest BCUT2D eigenvalue weighted by atomic mass is 9.99. The van der Waals surface area contributed by atoms with Crippen LogP contribution in [0, 0.1) is 0 Å². The lowest BCUT2D eigenvalue weighted by Gasteiger charge is -2.36. The Kier molecular flexibility index (Phi) is 3.30. The molecule has 0 spiro atoms. The molecule has 1 aromatic heterocycles. The van der Waals surface area contributed by atoms with E-state index in [9.17, 15) is 0 Å². The summed E-state index contributed by atoms with van der Waals surface area (Å²) in [6.45, 7) is 6.05. The molecular weight excluding hydrogens is 246 g/mol. The van der Waals surface area contributed by atoms with Crippen molar-refractivity contribution in [1.29, 1.82) is 0 Å². The van der Waals surface area contributed by atoms with Gasteiger partial charge in [0.2, 0.25) is 0 Å². The first kappa shape index (κ1) is 12.4. The predicted molar refractivity (Wildman–Crippen MR) is 74.2 cm³/mol. The van der Waals surface area contributed by atoms with E-state index in [2.05, 4.69) is 18.7 Å². The number of thiazole rings is 1. The zero-order chi connectivity index (χ0) is 12.7. The van der Waals surface area contributed by atoms with Gasteiger partial charge in [0.15, 0.2) is 5.13 Å². The number of ether oxygens (including phenoxy) is 1. The summed E-state index contributed by atoms with van der Waals surface area (Å²) in [5.74, 6) is 0. The van der Waals surface area contributed by atoms with E-state index >= 15 is 0 Å². The fourth-order valence-corrected chi connectivity index (χ4v) is 4.02. The standard InChI is InChI=1S/C13H21N3OS/c1-8-7-17-9(2)6-16(8)13-15-12-10(14)4-3-5-11(12)18-13/h8-10H,3-7,14H2,1-2H3. The van der Waals surface area contributed by atoms with Gasteiger partial charge in [-0.25, -0.2) is 4.98 Å². The maximum atomic E-state index is 6.15. The number of fused-ring (bicyclic) bond motifs is 1. The fraction of sp³-hybridized carbons (Fsp3) is 0.769. The molecule has 2 N–H and O–H groups in total. The summed E-state index contributed by atoms with van der Waals surface area (Å²) in [4.78, 5) is 8.58. The molecule has 1 aliphatic carbocycles. The summed E-state index contributed by atoms with van der Waals surface area (Å²) in [5, 5.41) is 1.14. The first-order valence-corrected chi connectivity index (χ1v) is 7.60. The molecule has 0 radical (unpaired) electrons. The Hall–Kier alpha value is -0.650. The molecule has 0 bridgehead atoms.